The average Bonchev–Trinajstić information content (AvgIpc) is 3.72. The smallest absolute Gasteiger partial charge is 0.318 e. The van der Waals surface area contributed by atoms with Gasteiger partial charge in [0.1, 0.15) is 12.0 Å². The number of fused-ring (bicyclic) bond motifs is 2. The van der Waals surface area contributed by atoms with Crippen LogP contribution in [0.2, 0.25) is 0 Å². The van der Waals surface area contributed by atoms with Crippen molar-refractivity contribution in [3.63, 3.8) is 0 Å². The second-order valence-electron chi connectivity index (χ2n) is 13.5. The molecule has 0 unspecified atom stereocenters. The number of benzene rings is 2. The zero-order chi connectivity index (χ0) is 31.8. The molecule has 2 saturated heterocycles. The van der Waals surface area contributed by atoms with E-state index >= 15 is 0 Å². The molecule has 3 aliphatic heterocycles. The Labute approximate surface area is 270 Å². The Morgan fingerprint density at radius 3 is 2.70 bits per heavy atom. The van der Waals surface area contributed by atoms with Gasteiger partial charge in [0, 0.05) is 67.9 Å². The van der Waals surface area contributed by atoms with E-state index in [4.69, 9.17) is 14.7 Å². The molecule has 10 heteroatoms. The zero-order valence-corrected chi connectivity index (χ0v) is 26.6. The predicted molar refractivity (Wildman–Crippen MR) is 177 cm³/mol. The van der Waals surface area contributed by atoms with Crippen molar-refractivity contribution < 1.29 is 13.9 Å². The third-order valence-electron chi connectivity index (χ3n) is 10.3. The first-order valence-corrected chi connectivity index (χ1v) is 16.5. The standard InChI is InChI=1S/C36H42FN7O2/c1-3-32(45)44-19-18-43(21-28(44)10-15-38)34-29-12-17-42(31-9-5-8-26-7-4-6-25(2)33(26)31)22-30(29)39-35(40-34)46-24-36(13-14-36)23-41-16-11-27(37)20-41/h3-9,27-28H,1,10-14,16-24H2,2H3/t27-,28+/m1/s1. The number of piperazine rings is 1. The van der Waals surface area contributed by atoms with Crippen molar-refractivity contribution in [2.45, 2.75) is 57.8 Å². The van der Waals surface area contributed by atoms with Crippen molar-refractivity contribution in [3.8, 4) is 12.1 Å². The van der Waals surface area contributed by atoms with Crippen molar-refractivity contribution in [3.05, 3.63) is 65.9 Å². The SMILES string of the molecule is C=CC(=O)N1CCN(c2nc(OCC3(CN4CC[C@@H](F)C4)CC3)nc3c2CCN(c2cccc4cccc(C)c24)C3)C[C@@H]1CC#N. The highest BCUT2D eigenvalue weighted by Gasteiger charge is 2.46. The molecule has 4 heterocycles. The molecule has 3 aromatic rings. The Balaban J connectivity index is 1.19. The number of carbonyl (C=O) groups is 1. The molecule has 9 nitrogen and oxygen atoms in total. The molecule has 4 aliphatic rings. The number of hydrogen-bond acceptors (Lipinski definition) is 8. The van der Waals surface area contributed by atoms with E-state index in [1.54, 1.807) is 4.90 Å². The largest absolute Gasteiger partial charge is 0.463 e. The van der Waals surface area contributed by atoms with E-state index < -0.39 is 6.17 Å². The molecular formula is C36H42FN7O2. The van der Waals surface area contributed by atoms with Crippen LogP contribution in [0.25, 0.3) is 10.8 Å². The fourth-order valence-corrected chi connectivity index (χ4v) is 7.57. The summed E-state index contributed by atoms with van der Waals surface area (Å²) in [6.45, 7) is 11.5. The van der Waals surface area contributed by atoms with Crippen LogP contribution in [0.5, 0.6) is 6.01 Å². The summed E-state index contributed by atoms with van der Waals surface area (Å²) in [5.41, 5.74) is 4.51. The third kappa shape index (κ3) is 6.01. The maximum absolute atomic E-state index is 13.9. The van der Waals surface area contributed by atoms with E-state index in [-0.39, 0.29) is 23.8 Å². The molecule has 2 atom stereocenters. The van der Waals surface area contributed by atoms with Gasteiger partial charge in [-0.2, -0.15) is 15.2 Å². The van der Waals surface area contributed by atoms with Gasteiger partial charge in [0.15, 0.2) is 0 Å². The average molecular weight is 624 g/mol. The van der Waals surface area contributed by atoms with E-state index in [0.717, 1.165) is 56.0 Å². The van der Waals surface area contributed by atoms with Gasteiger partial charge in [-0.3, -0.25) is 9.69 Å². The molecule has 0 bridgehead atoms. The summed E-state index contributed by atoms with van der Waals surface area (Å²) in [6, 6.07) is 15.3. The number of ether oxygens (including phenoxy) is 1. The van der Waals surface area contributed by atoms with Gasteiger partial charge in [-0.05, 0) is 55.7 Å². The number of aryl methyl sites for hydroxylation is 1. The van der Waals surface area contributed by atoms with Crippen LogP contribution in [0.3, 0.4) is 0 Å². The van der Waals surface area contributed by atoms with Crippen LogP contribution < -0.4 is 14.5 Å². The number of nitriles is 1. The van der Waals surface area contributed by atoms with Gasteiger partial charge < -0.3 is 19.4 Å². The maximum Gasteiger partial charge on any atom is 0.318 e. The summed E-state index contributed by atoms with van der Waals surface area (Å²) < 4.78 is 20.3. The minimum absolute atomic E-state index is 0.0184. The summed E-state index contributed by atoms with van der Waals surface area (Å²) in [4.78, 5) is 31.2. The van der Waals surface area contributed by atoms with Crippen LogP contribution in [0.15, 0.2) is 49.1 Å². The Morgan fingerprint density at radius 1 is 1.13 bits per heavy atom. The molecule has 0 radical (unpaired) electrons. The highest BCUT2D eigenvalue weighted by Crippen LogP contribution is 2.47. The van der Waals surface area contributed by atoms with Crippen LogP contribution in [-0.2, 0) is 17.8 Å². The molecule has 240 valence electrons. The van der Waals surface area contributed by atoms with Crippen LogP contribution in [0, 0.1) is 23.7 Å². The van der Waals surface area contributed by atoms with Gasteiger partial charge in [0.2, 0.25) is 5.91 Å². The van der Waals surface area contributed by atoms with Gasteiger partial charge in [0.05, 0.1) is 37.4 Å². The molecule has 0 N–H and O–H groups in total. The van der Waals surface area contributed by atoms with Crippen LogP contribution in [-0.4, -0.2) is 90.3 Å². The van der Waals surface area contributed by atoms with E-state index in [1.165, 1.54) is 28.1 Å². The van der Waals surface area contributed by atoms with E-state index in [2.05, 4.69) is 70.7 Å². The molecule has 46 heavy (non-hydrogen) atoms. The number of carbonyl (C=O) groups excluding carboxylic acids is 1. The molecule has 7 rings (SSSR count). The normalized spacial score (nSPS) is 22.4. The summed E-state index contributed by atoms with van der Waals surface area (Å²) in [5.74, 6) is 0.688. The first kappa shape index (κ1) is 30.4. The topological polar surface area (TPSA) is 88.8 Å². The van der Waals surface area contributed by atoms with Gasteiger partial charge in [-0.15, -0.1) is 0 Å². The fourth-order valence-electron chi connectivity index (χ4n) is 7.57. The monoisotopic (exact) mass is 623 g/mol. The first-order chi connectivity index (χ1) is 22.4. The van der Waals surface area contributed by atoms with Crippen molar-refractivity contribution in [2.75, 3.05) is 62.2 Å². The lowest BCUT2D eigenvalue weighted by atomic mass is 9.99. The summed E-state index contributed by atoms with van der Waals surface area (Å²) >= 11 is 0. The van der Waals surface area contributed by atoms with E-state index in [1.807, 2.05) is 0 Å². The Hall–Kier alpha value is -4.23. The molecule has 0 spiro atoms. The number of alkyl halides is 1. The quantitative estimate of drug-likeness (QED) is 0.314. The fraction of sp³-hybridized carbons (Fsp3) is 0.500. The molecule has 2 aromatic carbocycles. The Kier molecular flexibility index (Phi) is 8.28. The lowest BCUT2D eigenvalue weighted by Crippen LogP contribution is -2.55. The van der Waals surface area contributed by atoms with Crippen molar-refractivity contribution >= 4 is 28.2 Å². The maximum atomic E-state index is 13.9. The minimum Gasteiger partial charge on any atom is -0.463 e. The van der Waals surface area contributed by atoms with Gasteiger partial charge >= 0.3 is 6.01 Å². The van der Waals surface area contributed by atoms with Gasteiger partial charge in [-0.1, -0.05) is 36.9 Å². The lowest BCUT2D eigenvalue weighted by Gasteiger charge is -2.42. The van der Waals surface area contributed by atoms with Crippen molar-refractivity contribution in [1.82, 2.24) is 19.8 Å². The molecule has 1 aromatic heterocycles. The number of amides is 1. The second kappa shape index (κ2) is 12.5. The first-order valence-electron chi connectivity index (χ1n) is 16.5. The number of hydrogen-bond donors (Lipinski definition) is 0. The summed E-state index contributed by atoms with van der Waals surface area (Å²) in [6.07, 6.45) is 4.32. The predicted octanol–water partition coefficient (Wildman–Crippen LogP) is 4.82. The second-order valence-corrected chi connectivity index (χ2v) is 13.5. The minimum atomic E-state index is -0.733. The molecule has 1 amide bonds. The Morgan fingerprint density at radius 2 is 1.96 bits per heavy atom. The number of halogens is 1. The highest BCUT2D eigenvalue weighted by atomic mass is 19.1. The summed E-state index contributed by atoms with van der Waals surface area (Å²) in [5, 5.41) is 12.1. The number of anilines is 2. The van der Waals surface area contributed by atoms with E-state index in [9.17, 15) is 14.4 Å². The van der Waals surface area contributed by atoms with Gasteiger partial charge in [-0.25, -0.2) is 4.39 Å². The number of aromatic nitrogens is 2. The third-order valence-corrected chi connectivity index (χ3v) is 10.3. The van der Waals surface area contributed by atoms with E-state index in [0.29, 0.717) is 51.8 Å². The molecule has 1 aliphatic carbocycles. The van der Waals surface area contributed by atoms with Crippen LogP contribution in [0.1, 0.15) is 42.5 Å². The highest BCUT2D eigenvalue weighted by molar-refractivity contribution is 5.97. The number of rotatable bonds is 9. The molecular weight excluding hydrogens is 581 g/mol. The van der Waals surface area contributed by atoms with Crippen molar-refractivity contribution in [2.24, 2.45) is 5.41 Å². The molecule has 1 saturated carbocycles. The zero-order valence-electron chi connectivity index (χ0n) is 26.6. The number of nitrogens with zero attached hydrogens (tertiary/aromatic N) is 7. The van der Waals surface area contributed by atoms with Crippen LogP contribution in [0.4, 0.5) is 15.9 Å². The molecule has 3 fully saturated rings. The summed E-state index contributed by atoms with van der Waals surface area (Å²) in [7, 11) is 0. The Bertz CT molecular complexity index is 1680. The lowest BCUT2D eigenvalue weighted by molar-refractivity contribution is -0.128. The van der Waals surface area contributed by atoms with Gasteiger partial charge in [0.25, 0.3) is 0 Å². The number of likely N-dealkylation sites (tertiary alicyclic amines) is 1. The van der Waals surface area contributed by atoms with Crippen LogP contribution >= 0.6 is 0 Å². The van der Waals surface area contributed by atoms with Crippen molar-refractivity contribution in [1.29, 1.82) is 5.26 Å².